The molecule has 3 aromatic rings. The molecule has 0 aliphatic rings. The Morgan fingerprint density at radius 3 is 2.58 bits per heavy atom. The smallest absolute Gasteiger partial charge is 0.254 e. The molecule has 0 saturated heterocycles. The van der Waals surface area contributed by atoms with Gasteiger partial charge in [0.15, 0.2) is 0 Å². The van der Waals surface area contributed by atoms with Crippen molar-refractivity contribution in [2.45, 2.75) is 26.4 Å². The van der Waals surface area contributed by atoms with Gasteiger partial charge in [0.05, 0.1) is 17.1 Å². The number of rotatable bonds is 5. The fourth-order valence-corrected chi connectivity index (χ4v) is 2.89. The van der Waals surface area contributed by atoms with Gasteiger partial charge in [-0.05, 0) is 44.2 Å². The summed E-state index contributed by atoms with van der Waals surface area (Å²) in [6, 6.07) is 14.0. The van der Waals surface area contributed by atoms with Gasteiger partial charge >= 0.3 is 0 Å². The van der Waals surface area contributed by atoms with Crippen molar-refractivity contribution >= 4 is 29.1 Å². The third-order valence-corrected chi connectivity index (χ3v) is 4.40. The van der Waals surface area contributed by atoms with Gasteiger partial charge in [-0.15, -0.1) is 10.2 Å². The number of benzene rings is 2. The highest BCUT2D eigenvalue weighted by Crippen LogP contribution is 2.26. The van der Waals surface area contributed by atoms with E-state index in [-0.39, 0.29) is 18.5 Å². The van der Waals surface area contributed by atoms with Crippen LogP contribution in [0.15, 0.2) is 52.9 Å². The minimum atomic E-state index is -0.153. The van der Waals surface area contributed by atoms with E-state index in [1.807, 2.05) is 26.0 Å². The maximum atomic E-state index is 12.8. The van der Waals surface area contributed by atoms with Crippen LogP contribution in [0, 0.1) is 0 Å². The van der Waals surface area contributed by atoms with E-state index in [0.717, 1.165) is 0 Å². The lowest BCUT2D eigenvalue weighted by molar-refractivity contribution is 0.0672. The van der Waals surface area contributed by atoms with Crippen LogP contribution < -0.4 is 0 Å². The van der Waals surface area contributed by atoms with Crippen LogP contribution in [-0.4, -0.2) is 27.0 Å². The Bertz CT molecular complexity index is 924. The molecule has 1 aromatic heterocycles. The SMILES string of the molecule is CC(C)N(Cc1nnc(-c2ccccc2Cl)o1)C(=O)c1cccc(Cl)c1. The number of carbonyl (C=O) groups excluding carboxylic acids is 1. The molecule has 0 atom stereocenters. The first kappa shape index (κ1) is 18.4. The molecule has 0 aliphatic heterocycles. The zero-order valence-electron chi connectivity index (χ0n) is 14.3. The predicted octanol–water partition coefficient (Wildman–Crippen LogP) is 5.09. The first-order valence-electron chi connectivity index (χ1n) is 8.09. The summed E-state index contributed by atoms with van der Waals surface area (Å²) in [6.45, 7) is 4.04. The highest BCUT2D eigenvalue weighted by atomic mass is 35.5. The van der Waals surface area contributed by atoms with Gasteiger partial charge in [-0.25, -0.2) is 0 Å². The summed E-state index contributed by atoms with van der Waals surface area (Å²) in [5.41, 5.74) is 1.17. The number of hydrogen-bond donors (Lipinski definition) is 0. The molecule has 134 valence electrons. The van der Waals surface area contributed by atoms with E-state index >= 15 is 0 Å². The van der Waals surface area contributed by atoms with Crippen molar-refractivity contribution in [2.75, 3.05) is 0 Å². The molecule has 5 nitrogen and oxygen atoms in total. The summed E-state index contributed by atoms with van der Waals surface area (Å²) in [5.74, 6) is 0.508. The van der Waals surface area contributed by atoms with Crippen LogP contribution in [0.5, 0.6) is 0 Å². The van der Waals surface area contributed by atoms with Gasteiger partial charge in [0.25, 0.3) is 5.91 Å². The first-order chi connectivity index (χ1) is 12.5. The lowest BCUT2D eigenvalue weighted by Crippen LogP contribution is -2.36. The zero-order valence-corrected chi connectivity index (χ0v) is 15.8. The van der Waals surface area contributed by atoms with E-state index in [1.165, 1.54) is 0 Å². The van der Waals surface area contributed by atoms with Gasteiger partial charge in [-0.2, -0.15) is 0 Å². The maximum absolute atomic E-state index is 12.8. The zero-order chi connectivity index (χ0) is 18.7. The number of aromatic nitrogens is 2. The van der Waals surface area contributed by atoms with Crippen molar-refractivity contribution in [3.63, 3.8) is 0 Å². The molecule has 3 rings (SSSR count). The number of hydrogen-bond acceptors (Lipinski definition) is 4. The quantitative estimate of drug-likeness (QED) is 0.609. The molecule has 0 unspecified atom stereocenters. The monoisotopic (exact) mass is 389 g/mol. The second-order valence-corrected chi connectivity index (χ2v) is 6.86. The normalized spacial score (nSPS) is 11.0. The van der Waals surface area contributed by atoms with Crippen LogP contribution in [0.3, 0.4) is 0 Å². The Hall–Kier alpha value is -2.37. The fourth-order valence-electron chi connectivity index (χ4n) is 2.48. The van der Waals surface area contributed by atoms with Crippen LogP contribution in [0.4, 0.5) is 0 Å². The Balaban J connectivity index is 1.83. The number of carbonyl (C=O) groups is 1. The molecule has 0 fully saturated rings. The molecule has 0 aliphatic carbocycles. The van der Waals surface area contributed by atoms with Crippen molar-refractivity contribution in [3.05, 3.63) is 70.0 Å². The van der Waals surface area contributed by atoms with Crippen molar-refractivity contribution in [1.29, 1.82) is 0 Å². The molecule has 7 heteroatoms. The first-order valence-corrected chi connectivity index (χ1v) is 8.85. The minimum Gasteiger partial charge on any atom is -0.419 e. The van der Waals surface area contributed by atoms with Crippen molar-refractivity contribution in [1.82, 2.24) is 15.1 Å². The standard InChI is InChI=1S/C19H17Cl2N3O2/c1-12(2)24(19(25)13-6-5-7-14(20)10-13)11-17-22-23-18(26-17)15-8-3-4-9-16(15)21/h3-10,12H,11H2,1-2H3. The van der Waals surface area contributed by atoms with Gasteiger partial charge in [0, 0.05) is 16.6 Å². The van der Waals surface area contributed by atoms with Crippen LogP contribution in [0.25, 0.3) is 11.5 Å². The summed E-state index contributed by atoms with van der Waals surface area (Å²) in [6.07, 6.45) is 0. The molecule has 26 heavy (non-hydrogen) atoms. The van der Waals surface area contributed by atoms with E-state index in [4.69, 9.17) is 27.6 Å². The van der Waals surface area contributed by atoms with Crippen LogP contribution in [0.1, 0.15) is 30.1 Å². The fraction of sp³-hybridized carbons (Fsp3) is 0.211. The maximum Gasteiger partial charge on any atom is 0.254 e. The third-order valence-electron chi connectivity index (χ3n) is 3.83. The summed E-state index contributed by atoms with van der Waals surface area (Å²) in [4.78, 5) is 14.5. The lowest BCUT2D eigenvalue weighted by atomic mass is 10.1. The molecule has 0 saturated carbocycles. The van der Waals surface area contributed by atoms with Crippen molar-refractivity contribution in [3.8, 4) is 11.5 Å². The largest absolute Gasteiger partial charge is 0.419 e. The van der Waals surface area contributed by atoms with E-state index in [9.17, 15) is 4.79 Å². The van der Waals surface area contributed by atoms with Gasteiger partial charge < -0.3 is 9.32 Å². The van der Waals surface area contributed by atoms with E-state index in [0.29, 0.717) is 33.0 Å². The molecule has 0 radical (unpaired) electrons. The van der Waals surface area contributed by atoms with E-state index in [1.54, 1.807) is 41.3 Å². The Morgan fingerprint density at radius 2 is 1.88 bits per heavy atom. The Kier molecular flexibility index (Phi) is 5.59. The summed E-state index contributed by atoms with van der Waals surface area (Å²) < 4.78 is 5.71. The summed E-state index contributed by atoms with van der Waals surface area (Å²) in [5, 5.41) is 9.14. The molecule has 1 amide bonds. The van der Waals surface area contributed by atoms with E-state index < -0.39 is 0 Å². The van der Waals surface area contributed by atoms with Crippen molar-refractivity contribution < 1.29 is 9.21 Å². The summed E-state index contributed by atoms with van der Waals surface area (Å²) in [7, 11) is 0. The Morgan fingerprint density at radius 1 is 1.12 bits per heavy atom. The molecule has 0 bridgehead atoms. The van der Waals surface area contributed by atoms with Gasteiger partial charge in [0.1, 0.15) is 0 Å². The average Bonchev–Trinajstić information content (AvgIpc) is 3.07. The van der Waals surface area contributed by atoms with Crippen LogP contribution in [-0.2, 0) is 6.54 Å². The highest BCUT2D eigenvalue weighted by Gasteiger charge is 2.22. The number of amides is 1. The average molecular weight is 390 g/mol. The summed E-state index contributed by atoms with van der Waals surface area (Å²) >= 11 is 12.2. The molecule has 0 N–H and O–H groups in total. The second-order valence-electron chi connectivity index (χ2n) is 6.02. The lowest BCUT2D eigenvalue weighted by Gasteiger charge is -2.25. The highest BCUT2D eigenvalue weighted by molar-refractivity contribution is 6.33. The van der Waals surface area contributed by atoms with Gasteiger partial charge in [-0.3, -0.25) is 4.79 Å². The van der Waals surface area contributed by atoms with E-state index in [2.05, 4.69) is 10.2 Å². The Labute approximate surface area is 161 Å². The molecule has 0 spiro atoms. The number of nitrogens with zero attached hydrogens (tertiary/aromatic N) is 3. The molecular formula is C19H17Cl2N3O2. The minimum absolute atomic E-state index is 0.0582. The second kappa shape index (κ2) is 7.89. The molecular weight excluding hydrogens is 373 g/mol. The molecule has 2 aromatic carbocycles. The molecule has 1 heterocycles. The predicted molar refractivity (Wildman–Crippen MR) is 101 cm³/mol. The van der Waals surface area contributed by atoms with Crippen LogP contribution in [0.2, 0.25) is 10.0 Å². The third kappa shape index (κ3) is 4.06. The van der Waals surface area contributed by atoms with Crippen LogP contribution >= 0.6 is 23.2 Å². The number of halogens is 2. The van der Waals surface area contributed by atoms with Crippen molar-refractivity contribution in [2.24, 2.45) is 0 Å². The van der Waals surface area contributed by atoms with Gasteiger partial charge in [-0.1, -0.05) is 41.4 Å². The topological polar surface area (TPSA) is 59.2 Å². The van der Waals surface area contributed by atoms with Gasteiger partial charge in [0.2, 0.25) is 11.8 Å².